The Hall–Kier alpha value is -3.43. The van der Waals surface area contributed by atoms with Crippen molar-refractivity contribution in [2.24, 2.45) is 0 Å². The van der Waals surface area contributed by atoms with E-state index in [-0.39, 0.29) is 5.91 Å². The Kier molecular flexibility index (Phi) is 5.41. The van der Waals surface area contributed by atoms with E-state index >= 15 is 0 Å². The molecule has 0 spiro atoms. The van der Waals surface area contributed by atoms with E-state index < -0.39 is 0 Å². The van der Waals surface area contributed by atoms with Crippen LogP contribution in [0.4, 0.5) is 5.69 Å². The molecule has 2 heterocycles. The van der Waals surface area contributed by atoms with Crippen molar-refractivity contribution >= 4 is 11.6 Å². The first-order chi connectivity index (χ1) is 14.1. The molecule has 0 saturated carbocycles. The zero-order valence-electron chi connectivity index (χ0n) is 16.5. The van der Waals surface area contributed by atoms with Gasteiger partial charge in [0.25, 0.3) is 0 Å². The van der Waals surface area contributed by atoms with Gasteiger partial charge in [-0.1, -0.05) is 24.3 Å². The molecule has 0 atom stereocenters. The topological polar surface area (TPSA) is 65.2 Å². The van der Waals surface area contributed by atoms with Gasteiger partial charge >= 0.3 is 0 Å². The van der Waals surface area contributed by atoms with Gasteiger partial charge in [0.15, 0.2) is 0 Å². The summed E-state index contributed by atoms with van der Waals surface area (Å²) in [7, 11) is 0. The fraction of sp³-hybridized carbons (Fsp3) is 0.261. The zero-order valence-corrected chi connectivity index (χ0v) is 16.5. The van der Waals surface area contributed by atoms with E-state index in [1.54, 1.807) is 6.20 Å². The van der Waals surface area contributed by atoms with Gasteiger partial charge in [0, 0.05) is 37.7 Å². The SMILES string of the molecule is Cc1cccc(N2CCN(Cc3nccn3Cc3ccc(C#N)cc3)CC2=O)c1. The summed E-state index contributed by atoms with van der Waals surface area (Å²) in [6, 6.07) is 17.8. The van der Waals surface area contributed by atoms with E-state index in [0.717, 1.165) is 29.2 Å². The van der Waals surface area contributed by atoms with Crippen LogP contribution in [0.2, 0.25) is 0 Å². The average molecular weight is 385 g/mol. The normalized spacial score (nSPS) is 14.8. The standard InChI is InChI=1S/C23H23N5O/c1-18-3-2-4-21(13-18)28-12-11-26(17-23(28)29)16-22-25-9-10-27(22)15-20-7-5-19(14-24)6-8-20/h2-10,13H,11-12,15-17H2,1H3. The molecule has 0 N–H and O–H groups in total. The third-order valence-electron chi connectivity index (χ3n) is 5.22. The second-order valence-corrected chi connectivity index (χ2v) is 7.38. The number of anilines is 1. The van der Waals surface area contributed by atoms with Crippen molar-refractivity contribution in [3.63, 3.8) is 0 Å². The van der Waals surface area contributed by atoms with Gasteiger partial charge < -0.3 is 9.47 Å². The molecule has 146 valence electrons. The van der Waals surface area contributed by atoms with Crippen molar-refractivity contribution in [1.82, 2.24) is 14.5 Å². The number of carbonyl (C=O) groups excluding carboxylic acids is 1. The van der Waals surface area contributed by atoms with Crippen molar-refractivity contribution in [1.29, 1.82) is 5.26 Å². The van der Waals surface area contributed by atoms with Crippen molar-refractivity contribution in [2.45, 2.75) is 20.0 Å². The van der Waals surface area contributed by atoms with Gasteiger partial charge in [0.05, 0.1) is 24.7 Å². The minimum absolute atomic E-state index is 0.118. The summed E-state index contributed by atoms with van der Waals surface area (Å²) in [5.41, 5.74) is 3.90. The Morgan fingerprint density at radius 3 is 2.66 bits per heavy atom. The number of aromatic nitrogens is 2. The molecule has 1 aromatic heterocycles. The lowest BCUT2D eigenvalue weighted by molar-refractivity contribution is -0.121. The molecule has 6 heteroatoms. The average Bonchev–Trinajstić information content (AvgIpc) is 3.15. The smallest absolute Gasteiger partial charge is 0.241 e. The van der Waals surface area contributed by atoms with Crippen LogP contribution in [-0.4, -0.2) is 40.0 Å². The predicted molar refractivity (Wildman–Crippen MR) is 111 cm³/mol. The molecule has 1 amide bonds. The van der Waals surface area contributed by atoms with Gasteiger partial charge in [-0.05, 0) is 42.3 Å². The van der Waals surface area contributed by atoms with Crippen molar-refractivity contribution in [3.8, 4) is 6.07 Å². The maximum atomic E-state index is 12.7. The van der Waals surface area contributed by atoms with E-state index in [9.17, 15) is 4.79 Å². The molecular formula is C23H23N5O. The quantitative estimate of drug-likeness (QED) is 0.677. The molecule has 2 aromatic carbocycles. The maximum Gasteiger partial charge on any atom is 0.241 e. The summed E-state index contributed by atoms with van der Waals surface area (Å²) in [5, 5.41) is 8.94. The van der Waals surface area contributed by atoms with Crippen molar-refractivity contribution < 1.29 is 4.79 Å². The molecule has 4 rings (SSSR count). The van der Waals surface area contributed by atoms with Crippen LogP contribution in [0.5, 0.6) is 0 Å². The third-order valence-corrected chi connectivity index (χ3v) is 5.22. The molecule has 0 aliphatic carbocycles. The lowest BCUT2D eigenvalue weighted by Crippen LogP contribution is -2.50. The highest BCUT2D eigenvalue weighted by molar-refractivity contribution is 5.95. The molecular weight excluding hydrogens is 362 g/mol. The fourth-order valence-corrected chi connectivity index (χ4v) is 3.64. The van der Waals surface area contributed by atoms with Crippen molar-refractivity contribution in [3.05, 3.63) is 83.4 Å². The van der Waals surface area contributed by atoms with Crippen LogP contribution in [0.25, 0.3) is 0 Å². The number of hydrogen-bond acceptors (Lipinski definition) is 4. The number of nitriles is 1. The first-order valence-corrected chi connectivity index (χ1v) is 9.71. The molecule has 3 aromatic rings. The second-order valence-electron chi connectivity index (χ2n) is 7.38. The number of rotatable bonds is 5. The highest BCUT2D eigenvalue weighted by atomic mass is 16.2. The number of benzene rings is 2. The van der Waals surface area contributed by atoms with Crippen LogP contribution in [0.3, 0.4) is 0 Å². The molecule has 0 unspecified atom stereocenters. The molecule has 0 radical (unpaired) electrons. The van der Waals surface area contributed by atoms with Gasteiger partial charge in [0.2, 0.25) is 5.91 Å². The first-order valence-electron chi connectivity index (χ1n) is 9.71. The fourth-order valence-electron chi connectivity index (χ4n) is 3.64. The van der Waals surface area contributed by atoms with E-state index in [1.165, 1.54) is 0 Å². The summed E-state index contributed by atoms with van der Waals surface area (Å²) in [6.45, 7) is 5.24. The maximum absolute atomic E-state index is 12.7. The third kappa shape index (κ3) is 4.36. The molecule has 29 heavy (non-hydrogen) atoms. The van der Waals surface area contributed by atoms with Crippen LogP contribution < -0.4 is 4.90 Å². The van der Waals surface area contributed by atoms with Gasteiger partial charge in [-0.25, -0.2) is 4.98 Å². The van der Waals surface area contributed by atoms with Crippen LogP contribution >= 0.6 is 0 Å². The van der Waals surface area contributed by atoms with E-state index in [1.807, 2.05) is 60.5 Å². The van der Waals surface area contributed by atoms with Gasteiger partial charge in [-0.3, -0.25) is 9.69 Å². The summed E-state index contributed by atoms with van der Waals surface area (Å²) >= 11 is 0. The zero-order chi connectivity index (χ0) is 20.2. The summed E-state index contributed by atoms with van der Waals surface area (Å²) in [6.07, 6.45) is 3.75. The lowest BCUT2D eigenvalue weighted by Gasteiger charge is -2.34. The first kappa shape index (κ1) is 18.9. The number of carbonyl (C=O) groups is 1. The number of piperazine rings is 1. The molecule has 0 bridgehead atoms. The predicted octanol–water partition coefficient (Wildman–Crippen LogP) is 2.96. The van der Waals surface area contributed by atoms with Crippen LogP contribution in [0, 0.1) is 18.3 Å². The summed E-state index contributed by atoms with van der Waals surface area (Å²) in [4.78, 5) is 21.2. The minimum Gasteiger partial charge on any atom is -0.329 e. The van der Waals surface area contributed by atoms with E-state index in [2.05, 4.69) is 26.6 Å². The molecule has 6 nitrogen and oxygen atoms in total. The Balaban J connectivity index is 1.40. The molecule has 1 aliphatic heterocycles. The van der Waals surface area contributed by atoms with Gasteiger partial charge in [-0.2, -0.15) is 5.26 Å². The number of nitrogens with zero attached hydrogens (tertiary/aromatic N) is 5. The largest absolute Gasteiger partial charge is 0.329 e. The monoisotopic (exact) mass is 385 g/mol. The van der Waals surface area contributed by atoms with Gasteiger partial charge in [-0.15, -0.1) is 0 Å². The van der Waals surface area contributed by atoms with Crippen LogP contribution in [-0.2, 0) is 17.9 Å². The minimum atomic E-state index is 0.118. The Morgan fingerprint density at radius 2 is 1.93 bits per heavy atom. The van der Waals surface area contributed by atoms with Crippen LogP contribution in [0.1, 0.15) is 22.5 Å². The van der Waals surface area contributed by atoms with Crippen molar-refractivity contribution in [2.75, 3.05) is 24.5 Å². The number of imidazole rings is 1. The summed E-state index contributed by atoms with van der Waals surface area (Å²) < 4.78 is 2.10. The van der Waals surface area contributed by atoms with E-state index in [0.29, 0.717) is 31.7 Å². The summed E-state index contributed by atoms with van der Waals surface area (Å²) in [5.74, 6) is 1.05. The van der Waals surface area contributed by atoms with Gasteiger partial charge in [0.1, 0.15) is 5.82 Å². The number of amides is 1. The Morgan fingerprint density at radius 1 is 1.10 bits per heavy atom. The Labute approximate surface area is 170 Å². The highest BCUT2D eigenvalue weighted by Gasteiger charge is 2.26. The van der Waals surface area contributed by atoms with E-state index in [4.69, 9.17) is 5.26 Å². The number of hydrogen-bond donors (Lipinski definition) is 0. The highest BCUT2D eigenvalue weighted by Crippen LogP contribution is 2.19. The second kappa shape index (κ2) is 8.29. The number of aryl methyl sites for hydroxylation is 1. The Bertz CT molecular complexity index is 1050. The molecule has 1 aliphatic rings. The molecule has 1 fully saturated rings. The van der Waals surface area contributed by atoms with Crippen LogP contribution in [0.15, 0.2) is 60.9 Å². The molecule has 1 saturated heterocycles. The lowest BCUT2D eigenvalue weighted by atomic mass is 10.1.